The number of likely N-dealkylation sites (tertiary alicyclic amines) is 2. The topological polar surface area (TPSA) is 81.1 Å². The summed E-state index contributed by atoms with van der Waals surface area (Å²) in [4.78, 5) is 26.2. The molecule has 2 fully saturated rings. The Morgan fingerprint density at radius 1 is 1.22 bits per heavy atom. The summed E-state index contributed by atoms with van der Waals surface area (Å²) in [6.07, 6.45) is 1.16. The third-order valence-corrected chi connectivity index (χ3v) is 3.94. The van der Waals surface area contributed by atoms with Crippen molar-refractivity contribution in [2.75, 3.05) is 26.2 Å². The van der Waals surface area contributed by atoms with E-state index in [1.807, 2.05) is 0 Å². The third-order valence-electron chi connectivity index (χ3n) is 3.94. The highest BCUT2D eigenvalue weighted by molar-refractivity contribution is 5.76. The molecule has 0 bridgehead atoms. The zero-order valence-corrected chi connectivity index (χ0v) is 10.6. The van der Waals surface area contributed by atoms with E-state index in [2.05, 4.69) is 0 Å². The molecule has 2 aliphatic heterocycles. The number of carbonyl (C=O) groups is 2. The molecule has 18 heavy (non-hydrogen) atoms. The van der Waals surface area contributed by atoms with Gasteiger partial charge in [0.2, 0.25) is 0 Å². The summed E-state index contributed by atoms with van der Waals surface area (Å²) in [6.45, 7) is 3.79. The molecule has 0 aliphatic carbocycles. The van der Waals surface area contributed by atoms with E-state index in [-0.39, 0.29) is 11.9 Å². The van der Waals surface area contributed by atoms with Crippen molar-refractivity contribution in [3.8, 4) is 0 Å². The molecule has 2 rings (SSSR count). The van der Waals surface area contributed by atoms with Crippen molar-refractivity contribution in [1.29, 1.82) is 0 Å². The number of aliphatic hydroxyl groups is 1. The smallest absolute Gasteiger partial charge is 0.320 e. The Labute approximate surface area is 106 Å². The fourth-order valence-electron chi connectivity index (χ4n) is 2.52. The lowest BCUT2D eigenvalue weighted by molar-refractivity contribution is -0.144. The monoisotopic (exact) mass is 256 g/mol. The average Bonchev–Trinajstić information content (AvgIpc) is 2.26. The van der Waals surface area contributed by atoms with Crippen LogP contribution in [-0.2, 0) is 4.79 Å². The maximum Gasteiger partial charge on any atom is 0.320 e. The van der Waals surface area contributed by atoms with Gasteiger partial charge in [0, 0.05) is 32.1 Å². The maximum absolute atomic E-state index is 12.1. The van der Waals surface area contributed by atoms with Gasteiger partial charge in [-0.05, 0) is 12.8 Å². The maximum atomic E-state index is 12.1. The zero-order valence-electron chi connectivity index (χ0n) is 10.6. The lowest BCUT2D eigenvalue weighted by Crippen LogP contribution is -2.58. The van der Waals surface area contributed by atoms with Crippen LogP contribution in [0.2, 0.25) is 0 Å². The van der Waals surface area contributed by atoms with Crippen molar-refractivity contribution < 1.29 is 19.8 Å². The number of amides is 2. The van der Waals surface area contributed by atoms with Crippen LogP contribution >= 0.6 is 0 Å². The fraction of sp³-hybridized carbons (Fsp3) is 0.833. The van der Waals surface area contributed by atoms with E-state index in [4.69, 9.17) is 5.11 Å². The second-order valence-electron chi connectivity index (χ2n) is 5.32. The number of piperidine rings is 1. The van der Waals surface area contributed by atoms with Crippen LogP contribution in [-0.4, -0.2) is 64.3 Å². The molecule has 0 aromatic carbocycles. The summed E-state index contributed by atoms with van der Waals surface area (Å²) in [5, 5.41) is 18.4. The molecule has 0 aromatic rings. The van der Waals surface area contributed by atoms with Gasteiger partial charge in [-0.1, -0.05) is 6.92 Å². The molecular formula is C12H20N2O4. The number of rotatable bonds is 2. The standard InChI is InChI=1S/C12H20N2O4/c1-8(11(16)17)9-5-14(6-9)12(18)13-4-2-3-10(15)7-13/h8-10,15H,2-7H2,1H3,(H,16,17). The molecule has 6 nitrogen and oxygen atoms in total. The lowest BCUT2D eigenvalue weighted by Gasteiger charge is -2.44. The van der Waals surface area contributed by atoms with Gasteiger partial charge in [-0.3, -0.25) is 4.79 Å². The Hall–Kier alpha value is -1.30. The number of nitrogens with zero attached hydrogens (tertiary/aromatic N) is 2. The number of carboxylic acids is 1. The lowest BCUT2D eigenvalue weighted by atomic mass is 9.87. The Morgan fingerprint density at radius 3 is 2.44 bits per heavy atom. The summed E-state index contributed by atoms with van der Waals surface area (Å²) in [7, 11) is 0. The van der Waals surface area contributed by atoms with Crippen LogP contribution in [0.1, 0.15) is 19.8 Å². The zero-order chi connectivity index (χ0) is 13.3. The molecule has 102 valence electrons. The van der Waals surface area contributed by atoms with Crippen LogP contribution < -0.4 is 0 Å². The largest absolute Gasteiger partial charge is 0.481 e. The van der Waals surface area contributed by atoms with Gasteiger partial charge >= 0.3 is 12.0 Å². The molecule has 0 saturated carbocycles. The van der Waals surface area contributed by atoms with Crippen molar-refractivity contribution in [2.24, 2.45) is 11.8 Å². The molecule has 2 aliphatic rings. The second kappa shape index (κ2) is 5.14. The summed E-state index contributed by atoms with van der Waals surface area (Å²) < 4.78 is 0. The van der Waals surface area contributed by atoms with Crippen LogP contribution in [0.3, 0.4) is 0 Å². The number of β-amino-alcohol motifs (C(OH)–C–C–N with tert-alkyl or cyclic N) is 1. The van der Waals surface area contributed by atoms with Gasteiger partial charge in [-0.15, -0.1) is 0 Å². The van der Waals surface area contributed by atoms with Crippen LogP contribution in [0.15, 0.2) is 0 Å². The van der Waals surface area contributed by atoms with Crippen LogP contribution in [0, 0.1) is 11.8 Å². The first kappa shape index (κ1) is 13.1. The highest BCUT2D eigenvalue weighted by atomic mass is 16.4. The summed E-state index contributed by atoms with van der Waals surface area (Å²) in [5.41, 5.74) is 0. The molecule has 2 unspecified atom stereocenters. The minimum absolute atomic E-state index is 0.0566. The predicted octanol–water partition coefficient (Wildman–Crippen LogP) is 0.216. The molecule has 0 radical (unpaired) electrons. The van der Waals surface area contributed by atoms with Crippen molar-refractivity contribution in [1.82, 2.24) is 9.80 Å². The number of hydrogen-bond acceptors (Lipinski definition) is 3. The Kier molecular flexibility index (Phi) is 3.75. The third kappa shape index (κ3) is 2.58. The molecular weight excluding hydrogens is 236 g/mol. The second-order valence-corrected chi connectivity index (χ2v) is 5.32. The SMILES string of the molecule is CC(C(=O)O)C1CN(C(=O)N2CCCC(O)C2)C1. The van der Waals surface area contributed by atoms with E-state index in [9.17, 15) is 14.7 Å². The molecule has 0 aromatic heterocycles. The van der Waals surface area contributed by atoms with Gasteiger partial charge in [0.15, 0.2) is 0 Å². The normalized spacial score (nSPS) is 26.7. The van der Waals surface area contributed by atoms with Gasteiger partial charge in [-0.2, -0.15) is 0 Å². The number of aliphatic hydroxyl groups excluding tert-OH is 1. The first-order chi connectivity index (χ1) is 8.49. The minimum atomic E-state index is -0.805. The summed E-state index contributed by atoms with van der Waals surface area (Å²) in [6, 6.07) is -0.0670. The van der Waals surface area contributed by atoms with Gasteiger partial charge in [0.05, 0.1) is 12.0 Å². The number of hydrogen-bond donors (Lipinski definition) is 2. The quantitative estimate of drug-likeness (QED) is 0.740. The van der Waals surface area contributed by atoms with Gasteiger partial charge in [-0.25, -0.2) is 4.79 Å². The Balaban J connectivity index is 1.81. The average molecular weight is 256 g/mol. The van der Waals surface area contributed by atoms with Gasteiger partial charge < -0.3 is 20.0 Å². The van der Waals surface area contributed by atoms with Crippen molar-refractivity contribution >= 4 is 12.0 Å². The van der Waals surface area contributed by atoms with Crippen LogP contribution in [0.25, 0.3) is 0 Å². The van der Waals surface area contributed by atoms with E-state index >= 15 is 0 Å². The fourth-order valence-corrected chi connectivity index (χ4v) is 2.52. The van der Waals surface area contributed by atoms with E-state index < -0.39 is 18.0 Å². The highest BCUT2D eigenvalue weighted by Crippen LogP contribution is 2.25. The first-order valence-corrected chi connectivity index (χ1v) is 6.43. The summed E-state index contributed by atoms with van der Waals surface area (Å²) >= 11 is 0. The number of urea groups is 1. The van der Waals surface area contributed by atoms with E-state index in [1.165, 1.54) is 0 Å². The van der Waals surface area contributed by atoms with E-state index in [1.54, 1.807) is 16.7 Å². The molecule has 2 amide bonds. The van der Waals surface area contributed by atoms with Gasteiger partial charge in [0.25, 0.3) is 0 Å². The number of carboxylic acid groups (broad SMARTS) is 1. The Bertz CT molecular complexity index is 341. The molecule has 2 saturated heterocycles. The molecule has 2 N–H and O–H groups in total. The van der Waals surface area contributed by atoms with Gasteiger partial charge in [0.1, 0.15) is 0 Å². The van der Waals surface area contributed by atoms with Crippen LogP contribution in [0.4, 0.5) is 4.79 Å². The van der Waals surface area contributed by atoms with E-state index in [0.717, 1.165) is 12.8 Å². The molecule has 2 heterocycles. The minimum Gasteiger partial charge on any atom is -0.481 e. The predicted molar refractivity (Wildman–Crippen MR) is 64.1 cm³/mol. The number of aliphatic carboxylic acids is 1. The molecule has 6 heteroatoms. The van der Waals surface area contributed by atoms with Crippen molar-refractivity contribution in [3.05, 3.63) is 0 Å². The Morgan fingerprint density at radius 2 is 1.89 bits per heavy atom. The first-order valence-electron chi connectivity index (χ1n) is 6.43. The number of carbonyl (C=O) groups excluding carboxylic acids is 1. The molecule has 2 atom stereocenters. The highest BCUT2D eigenvalue weighted by Gasteiger charge is 2.39. The van der Waals surface area contributed by atoms with Crippen molar-refractivity contribution in [2.45, 2.75) is 25.9 Å². The van der Waals surface area contributed by atoms with E-state index in [0.29, 0.717) is 26.2 Å². The summed E-state index contributed by atoms with van der Waals surface area (Å²) in [5.74, 6) is -1.15. The van der Waals surface area contributed by atoms with Crippen molar-refractivity contribution in [3.63, 3.8) is 0 Å². The van der Waals surface area contributed by atoms with Crippen LogP contribution in [0.5, 0.6) is 0 Å². The molecule has 0 spiro atoms.